The van der Waals surface area contributed by atoms with Gasteiger partial charge in [0, 0.05) is 23.5 Å². The summed E-state index contributed by atoms with van der Waals surface area (Å²) in [7, 11) is 0. The van der Waals surface area contributed by atoms with Crippen molar-refractivity contribution in [1.82, 2.24) is 19.2 Å². The highest BCUT2D eigenvalue weighted by Gasteiger charge is 2.32. The first-order chi connectivity index (χ1) is 15.2. The number of nitrogens with zero attached hydrogens (tertiary/aromatic N) is 4. The van der Waals surface area contributed by atoms with Crippen LogP contribution in [0.15, 0.2) is 67.0 Å². The number of fused-ring (bicyclic) bond motifs is 2. The van der Waals surface area contributed by atoms with E-state index < -0.39 is 0 Å². The second kappa shape index (κ2) is 6.77. The standard InChI is InChI=1S/C24H20N4O3/c1-16-4-7-18(8-5-16)28-23(26-10-2-3-11-26)19-13-27(14-20(19)25-28)24(29)17-6-9-21-22(12-17)31-15-30-21/h2-12H,13-15H2,1H3. The Labute approximate surface area is 179 Å². The van der Waals surface area contributed by atoms with Crippen molar-refractivity contribution in [2.24, 2.45) is 0 Å². The average molecular weight is 412 g/mol. The fourth-order valence-corrected chi connectivity index (χ4v) is 4.16. The second-order valence-electron chi connectivity index (χ2n) is 7.82. The van der Waals surface area contributed by atoms with E-state index in [9.17, 15) is 4.79 Å². The summed E-state index contributed by atoms with van der Waals surface area (Å²) in [5, 5.41) is 4.89. The van der Waals surface area contributed by atoms with Crippen LogP contribution in [0, 0.1) is 6.92 Å². The summed E-state index contributed by atoms with van der Waals surface area (Å²) in [6, 6.07) is 17.6. The van der Waals surface area contributed by atoms with Crippen molar-refractivity contribution in [1.29, 1.82) is 0 Å². The van der Waals surface area contributed by atoms with E-state index in [0.29, 0.717) is 30.2 Å². The molecule has 154 valence electrons. The van der Waals surface area contributed by atoms with Crippen LogP contribution >= 0.6 is 0 Å². The molecule has 6 rings (SSSR count). The molecular weight excluding hydrogens is 392 g/mol. The van der Waals surface area contributed by atoms with E-state index in [4.69, 9.17) is 14.6 Å². The number of rotatable bonds is 3. The van der Waals surface area contributed by atoms with Crippen LogP contribution in [0.25, 0.3) is 11.5 Å². The summed E-state index contributed by atoms with van der Waals surface area (Å²) < 4.78 is 14.8. The molecule has 0 saturated heterocycles. The lowest BCUT2D eigenvalue weighted by Gasteiger charge is -2.18. The predicted molar refractivity (Wildman–Crippen MR) is 114 cm³/mol. The van der Waals surface area contributed by atoms with Gasteiger partial charge in [0.1, 0.15) is 5.82 Å². The number of carbonyl (C=O) groups excluding carboxylic acids is 1. The fraction of sp³-hybridized carbons (Fsp3) is 0.167. The van der Waals surface area contributed by atoms with Crippen LogP contribution in [-0.2, 0) is 13.1 Å². The van der Waals surface area contributed by atoms with Gasteiger partial charge in [0.15, 0.2) is 11.5 Å². The molecular formula is C24H20N4O3. The molecule has 4 heterocycles. The molecule has 0 spiro atoms. The molecule has 2 aliphatic rings. The van der Waals surface area contributed by atoms with Gasteiger partial charge in [-0.1, -0.05) is 17.7 Å². The van der Waals surface area contributed by atoms with E-state index in [0.717, 1.165) is 22.8 Å². The first-order valence-electron chi connectivity index (χ1n) is 10.2. The fourth-order valence-electron chi connectivity index (χ4n) is 4.16. The number of aromatic nitrogens is 3. The Morgan fingerprint density at radius 3 is 2.55 bits per heavy atom. The van der Waals surface area contributed by atoms with Gasteiger partial charge >= 0.3 is 0 Å². The van der Waals surface area contributed by atoms with Gasteiger partial charge in [-0.25, -0.2) is 4.68 Å². The largest absolute Gasteiger partial charge is 0.454 e. The Kier molecular flexibility index (Phi) is 3.89. The maximum absolute atomic E-state index is 13.2. The molecule has 0 unspecified atom stereocenters. The van der Waals surface area contributed by atoms with Crippen molar-refractivity contribution in [3.05, 3.63) is 89.4 Å². The lowest BCUT2D eigenvalue weighted by Crippen LogP contribution is -2.26. The minimum atomic E-state index is -0.0448. The van der Waals surface area contributed by atoms with Crippen molar-refractivity contribution >= 4 is 5.91 Å². The van der Waals surface area contributed by atoms with Gasteiger partial charge in [-0.05, 0) is 49.4 Å². The van der Waals surface area contributed by atoms with Crippen molar-refractivity contribution in [3.63, 3.8) is 0 Å². The van der Waals surface area contributed by atoms with Gasteiger partial charge < -0.3 is 18.9 Å². The van der Waals surface area contributed by atoms with E-state index >= 15 is 0 Å². The minimum Gasteiger partial charge on any atom is -0.454 e. The lowest BCUT2D eigenvalue weighted by molar-refractivity contribution is 0.0749. The maximum atomic E-state index is 13.2. The number of amides is 1. The molecule has 1 amide bonds. The summed E-state index contributed by atoms with van der Waals surface area (Å²) >= 11 is 0. The predicted octanol–water partition coefficient (Wildman–Crippen LogP) is 3.86. The Morgan fingerprint density at radius 2 is 1.74 bits per heavy atom. The minimum absolute atomic E-state index is 0.0448. The number of aryl methyl sites for hydroxylation is 1. The molecule has 0 aliphatic carbocycles. The first kappa shape index (κ1) is 17.8. The van der Waals surface area contributed by atoms with Crippen LogP contribution in [0.4, 0.5) is 0 Å². The molecule has 0 N–H and O–H groups in total. The number of ether oxygens (including phenoxy) is 2. The van der Waals surface area contributed by atoms with Crippen LogP contribution in [0.3, 0.4) is 0 Å². The van der Waals surface area contributed by atoms with Crippen LogP contribution in [-0.4, -0.2) is 31.9 Å². The summed E-state index contributed by atoms with van der Waals surface area (Å²) in [5.41, 5.74) is 4.76. The third-order valence-corrected chi connectivity index (χ3v) is 5.76. The summed E-state index contributed by atoms with van der Waals surface area (Å²) in [5.74, 6) is 2.20. The van der Waals surface area contributed by atoms with Crippen molar-refractivity contribution in [2.45, 2.75) is 20.0 Å². The molecule has 4 aromatic rings. The summed E-state index contributed by atoms with van der Waals surface area (Å²) in [4.78, 5) is 15.0. The normalized spacial score (nSPS) is 14.2. The van der Waals surface area contributed by atoms with Gasteiger partial charge in [0.2, 0.25) is 6.79 Å². The van der Waals surface area contributed by atoms with Crippen molar-refractivity contribution in [3.8, 4) is 23.0 Å². The van der Waals surface area contributed by atoms with Gasteiger partial charge in [-0.3, -0.25) is 4.79 Å². The number of hydrogen-bond donors (Lipinski definition) is 0. The molecule has 31 heavy (non-hydrogen) atoms. The molecule has 2 aromatic carbocycles. The molecule has 0 saturated carbocycles. The Morgan fingerprint density at radius 1 is 0.968 bits per heavy atom. The van der Waals surface area contributed by atoms with Crippen LogP contribution in [0.5, 0.6) is 11.5 Å². The van der Waals surface area contributed by atoms with Crippen LogP contribution in [0.1, 0.15) is 27.2 Å². The van der Waals surface area contributed by atoms with Gasteiger partial charge in [0.05, 0.1) is 24.5 Å². The topological polar surface area (TPSA) is 61.5 Å². The molecule has 7 heteroatoms. The number of hydrogen-bond acceptors (Lipinski definition) is 4. The lowest BCUT2D eigenvalue weighted by atomic mass is 10.2. The van der Waals surface area contributed by atoms with Gasteiger partial charge in [-0.2, -0.15) is 5.10 Å². The first-order valence-corrected chi connectivity index (χ1v) is 10.2. The Balaban J connectivity index is 1.36. The van der Waals surface area contributed by atoms with Crippen LogP contribution < -0.4 is 9.47 Å². The highest BCUT2D eigenvalue weighted by molar-refractivity contribution is 5.95. The molecule has 0 fully saturated rings. The van der Waals surface area contributed by atoms with E-state index in [1.807, 2.05) is 34.1 Å². The molecule has 0 radical (unpaired) electrons. The highest BCUT2D eigenvalue weighted by atomic mass is 16.7. The van der Waals surface area contributed by atoms with Gasteiger partial charge in [-0.15, -0.1) is 0 Å². The third-order valence-electron chi connectivity index (χ3n) is 5.76. The summed E-state index contributed by atoms with van der Waals surface area (Å²) in [6.07, 6.45) is 4.01. The zero-order chi connectivity index (χ0) is 20.9. The van der Waals surface area contributed by atoms with Crippen molar-refractivity contribution < 1.29 is 14.3 Å². The SMILES string of the molecule is Cc1ccc(-n2nc3c(c2-n2cccc2)CN(C(=O)c2ccc4c(c2)OCO4)C3)cc1. The zero-order valence-corrected chi connectivity index (χ0v) is 17.0. The molecule has 0 atom stereocenters. The smallest absolute Gasteiger partial charge is 0.254 e. The van der Waals surface area contributed by atoms with Crippen molar-refractivity contribution in [2.75, 3.05) is 6.79 Å². The third kappa shape index (κ3) is 2.89. The summed E-state index contributed by atoms with van der Waals surface area (Å²) in [6.45, 7) is 3.23. The molecule has 0 bridgehead atoms. The van der Waals surface area contributed by atoms with Gasteiger partial charge in [0.25, 0.3) is 5.91 Å². The monoisotopic (exact) mass is 412 g/mol. The van der Waals surface area contributed by atoms with E-state index in [1.165, 1.54) is 5.56 Å². The average Bonchev–Trinajstić information content (AvgIpc) is 3.56. The Bertz CT molecular complexity index is 1290. The quantitative estimate of drug-likeness (QED) is 0.513. The molecule has 7 nitrogen and oxygen atoms in total. The Hall–Kier alpha value is -4.00. The molecule has 2 aliphatic heterocycles. The second-order valence-corrected chi connectivity index (χ2v) is 7.82. The van der Waals surface area contributed by atoms with Crippen LogP contribution in [0.2, 0.25) is 0 Å². The maximum Gasteiger partial charge on any atom is 0.254 e. The zero-order valence-electron chi connectivity index (χ0n) is 17.0. The number of benzene rings is 2. The van der Waals surface area contributed by atoms with E-state index in [1.54, 1.807) is 18.2 Å². The van der Waals surface area contributed by atoms with E-state index in [-0.39, 0.29) is 12.7 Å². The number of carbonyl (C=O) groups is 1. The van der Waals surface area contributed by atoms with E-state index in [2.05, 4.69) is 35.8 Å². The molecule has 2 aromatic heterocycles. The highest BCUT2D eigenvalue weighted by Crippen LogP contribution is 2.35.